The summed E-state index contributed by atoms with van der Waals surface area (Å²) in [6.07, 6.45) is 0. The van der Waals surface area contributed by atoms with Gasteiger partial charge < -0.3 is 15.4 Å². The van der Waals surface area contributed by atoms with Crippen LogP contribution in [0.2, 0.25) is 0 Å². The molecule has 0 unspecified atom stereocenters. The molecule has 0 aliphatic rings. The van der Waals surface area contributed by atoms with E-state index in [9.17, 15) is 20.2 Å². The van der Waals surface area contributed by atoms with Crippen LogP contribution in [0.3, 0.4) is 0 Å². The molecule has 0 fully saturated rings. The Morgan fingerprint density at radius 2 is 1.18 bits per heavy atom. The van der Waals surface area contributed by atoms with Gasteiger partial charge in [-0.2, -0.15) is 20.1 Å². The fourth-order valence-electron chi connectivity index (χ4n) is 3.16. The van der Waals surface area contributed by atoms with Gasteiger partial charge in [-0.15, -0.1) is 0 Å². The molecule has 0 saturated carbocycles. The lowest BCUT2D eigenvalue weighted by atomic mass is 10.1. The van der Waals surface area contributed by atoms with Crippen molar-refractivity contribution in [1.29, 1.82) is 0 Å². The Labute approximate surface area is 215 Å². The number of hydrogen-bond donors (Lipinski definition) is 3. The molecule has 1 heterocycles. The third kappa shape index (κ3) is 6.51. The monoisotopic (exact) mass is 515 g/mol. The van der Waals surface area contributed by atoms with Gasteiger partial charge in [0.05, 0.1) is 22.7 Å². The van der Waals surface area contributed by atoms with Gasteiger partial charge in [-0.3, -0.25) is 20.2 Å². The minimum absolute atomic E-state index is 0.0248. The molecule has 1 aromatic heterocycles. The highest BCUT2D eigenvalue weighted by Gasteiger charge is 2.10. The summed E-state index contributed by atoms with van der Waals surface area (Å²) in [6.45, 7) is 1.72. The van der Waals surface area contributed by atoms with Crippen molar-refractivity contribution in [3.8, 4) is 5.75 Å². The molecule has 0 aliphatic heterocycles. The maximum atomic E-state index is 10.9. The number of non-ortho nitro benzene ring substituents is 2. The van der Waals surface area contributed by atoms with Crippen LogP contribution in [-0.4, -0.2) is 37.6 Å². The topological polar surface area (TPSA) is 183 Å². The molecular formula is C24H21N9O5. The zero-order valence-corrected chi connectivity index (χ0v) is 20.2. The summed E-state index contributed by atoms with van der Waals surface area (Å²) >= 11 is 0. The maximum Gasteiger partial charge on any atom is 0.269 e. The molecular weight excluding hydrogens is 494 g/mol. The molecule has 4 rings (SSSR count). The molecule has 0 aliphatic carbocycles. The first-order chi connectivity index (χ1) is 18.3. The van der Waals surface area contributed by atoms with Gasteiger partial charge in [-0.05, 0) is 61.0 Å². The van der Waals surface area contributed by atoms with Crippen LogP contribution in [0.25, 0.3) is 0 Å². The van der Waals surface area contributed by atoms with Crippen molar-refractivity contribution >= 4 is 46.3 Å². The van der Waals surface area contributed by atoms with Crippen molar-refractivity contribution in [2.45, 2.75) is 6.92 Å². The summed E-state index contributed by atoms with van der Waals surface area (Å²) in [5.74, 6) is 1.13. The zero-order chi connectivity index (χ0) is 27.1. The number of nitrogens with zero attached hydrogens (tertiary/aromatic N) is 6. The van der Waals surface area contributed by atoms with Crippen molar-refractivity contribution in [3.63, 3.8) is 0 Å². The smallest absolute Gasteiger partial charge is 0.269 e. The lowest BCUT2D eigenvalue weighted by Crippen LogP contribution is -2.08. The number of rotatable bonds is 10. The quantitative estimate of drug-likeness (QED) is 0.146. The highest BCUT2D eigenvalue weighted by atomic mass is 16.6. The molecule has 3 N–H and O–H groups in total. The second-order valence-corrected chi connectivity index (χ2v) is 7.70. The Bertz CT molecular complexity index is 1480. The Morgan fingerprint density at radius 1 is 0.737 bits per heavy atom. The van der Waals surface area contributed by atoms with Crippen molar-refractivity contribution in [2.24, 2.45) is 5.10 Å². The Balaban J connectivity index is 1.59. The van der Waals surface area contributed by atoms with Gasteiger partial charge in [0.1, 0.15) is 5.75 Å². The maximum absolute atomic E-state index is 10.9. The summed E-state index contributed by atoms with van der Waals surface area (Å²) in [4.78, 5) is 33.9. The van der Waals surface area contributed by atoms with E-state index >= 15 is 0 Å². The predicted molar refractivity (Wildman–Crippen MR) is 141 cm³/mol. The minimum Gasteiger partial charge on any atom is -0.497 e. The highest BCUT2D eigenvalue weighted by molar-refractivity contribution is 5.99. The third-order valence-electron chi connectivity index (χ3n) is 5.14. The number of hydrogen-bond acceptors (Lipinski definition) is 12. The van der Waals surface area contributed by atoms with Crippen molar-refractivity contribution < 1.29 is 14.6 Å². The van der Waals surface area contributed by atoms with E-state index in [2.05, 4.69) is 36.1 Å². The van der Waals surface area contributed by atoms with E-state index < -0.39 is 9.85 Å². The fraction of sp³-hybridized carbons (Fsp3) is 0.0833. The van der Waals surface area contributed by atoms with E-state index in [0.29, 0.717) is 28.4 Å². The predicted octanol–water partition coefficient (Wildman–Crippen LogP) is 5.02. The van der Waals surface area contributed by atoms with E-state index in [1.165, 1.54) is 36.4 Å². The molecule has 0 saturated heterocycles. The summed E-state index contributed by atoms with van der Waals surface area (Å²) in [7, 11) is 1.57. The van der Waals surface area contributed by atoms with Crippen LogP contribution in [0, 0.1) is 20.2 Å². The molecule has 38 heavy (non-hydrogen) atoms. The SMILES string of the molecule is COc1ccc(Nc2nc(N/N=C(\C)c3ccc([N+](=O)[O-])cc3)nc(Nc3ccc([N+](=O)[O-])cc3)n2)cc1. The summed E-state index contributed by atoms with van der Waals surface area (Å²) in [5, 5.41) is 32.2. The molecule has 3 aromatic carbocycles. The minimum atomic E-state index is -0.489. The second kappa shape index (κ2) is 11.4. The number of nitrogens with one attached hydrogen (secondary N) is 3. The van der Waals surface area contributed by atoms with Gasteiger partial charge in [0.2, 0.25) is 17.8 Å². The van der Waals surface area contributed by atoms with Crippen LogP contribution in [0.1, 0.15) is 12.5 Å². The van der Waals surface area contributed by atoms with E-state index in [-0.39, 0.29) is 29.2 Å². The van der Waals surface area contributed by atoms with Crippen molar-refractivity contribution in [3.05, 3.63) is 98.6 Å². The molecule has 0 amide bonds. The summed E-state index contributed by atoms with van der Waals surface area (Å²) in [5.41, 5.74) is 5.12. The Morgan fingerprint density at radius 3 is 1.66 bits per heavy atom. The normalized spacial score (nSPS) is 10.9. The van der Waals surface area contributed by atoms with Crippen LogP contribution in [0.15, 0.2) is 77.9 Å². The van der Waals surface area contributed by atoms with Crippen LogP contribution < -0.4 is 20.8 Å². The third-order valence-corrected chi connectivity index (χ3v) is 5.14. The second-order valence-electron chi connectivity index (χ2n) is 7.70. The van der Waals surface area contributed by atoms with E-state index in [1.54, 1.807) is 50.4 Å². The van der Waals surface area contributed by atoms with Crippen LogP contribution in [0.4, 0.5) is 40.6 Å². The summed E-state index contributed by atoms with van der Waals surface area (Å²) < 4.78 is 5.18. The van der Waals surface area contributed by atoms with Gasteiger partial charge in [-0.1, -0.05) is 0 Å². The number of hydrazone groups is 1. The van der Waals surface area contributed by atoms with Gasteiger partial charge in [0.15, 0.2) is 0 Å². The largest absolute Gasteiger partial charge is 0.497 e. The van der Waals surface area contributed by atoms with Crippen LogP contribution >= 0.6 is 0 Å². The molecule has 4 aromatic rings. The van der Waals surface area contributed by atoms with E-state index in [1.807, 2.05) is 0 Å². The molecule has 192 valence electrons. The molecule has 14 heteroatoms. The van der Waals surface area contributed by atoms with E-state index in [0.717, 1.165) is 0 Å². The molecule has 0 atom stereocenters. The van der Waals surface area contributed by atoms with Gasteiger partial charge >= 0.3 is 0 Å². The number of anilines is 5. The van der Waals surface area contributed by atoms with Gasteiger partial charge in [0.25, 0.3) is 11.4 Å². The number of ether oxygens (including phenoxy) is 1. The first-order valence-electron chi connectivity index (χ1n) is 11.0. The number of nitro benzene ring substituents is 2. The van der Waals surface area contributed by atoms with Gasteiger partial charge in [-0.25, -0.2) is 5.43 Å². The molecule has 0 radical (unpaired) electrons. The van der Waals surface area contributed by atoms with Crippen molar-refractivity contribution in [1.82, 2.24) is 15.0 Å². The zero-order valence-electron chi connectivity index (χ0n) is 20.2. The van der Waals surface area contributed by atoms with Gasteiger partial charge in [0, 0.05) is 35.6 Å². The lowest BCUT2D eigenvalue weighted by Gasteiger charge is -2.11. The number of benzene rings is 3. The lowest BCUT2D eigenvalue weighted by molar-refractivity contribution is -0.385. The standard InChI is InChI=1S/C24H21N9O5/c1-15(16-3-9-19(10-4-16)32(34)35)30-31-24-28-22(25-17-5-11-20(12-6-17)33(36)37)27-23(29-24)26-18-7-13-21(38-2)14-8-18/h3-14H,1-2H3,(H3,25,26,27,28,29,31)/b30-15+. The average molecular weight is 515 g/mol. The first-order valence-corrected chi connectivity index (χ1v) is 11.0. The highest BCUT2D eigenvalue weighted by Crippen LogP contribution is 2.22. The number of aromatic nitrogens is 3. The van der Waals surface area contributed by atoms with Crippen molar-refractivity contribution in [2.75, 3.05) is 23.2 Å². The fourth-order valence-corrected chi connectivity index (χ4v) is 3.16. The Kier molecular flexibility index (Phi) is 7.62. The summed E-state index contributed by atoms with van der Waals surface area (Å²) in [6, 6.07) is 18.9. The van der Waals surface area contributed by atoms with Crippen LogP contribution in [-0.2, 0) is 0 Å². The Hall–Kier alpha value is -5.66. The first kappa shape index (κ1) is 25.4. The van der Waals surface area contributed by atoms with Crippen LogP contribution in [0.5, 0.6) is 5.75 Å². The van der Waals surface area contributed by atoms with E-state index in [4.69, 9.17) is 4.74 Å². The molecule has 14 nitrogen and oxygen atoms in total. The molecule has 0 spiro atoms. The number of methoxy groups -OCH3 is 1. The molecule has 0 bridgehead atoms. The number of nitro groups is 2. The average Bonchev–Trinajstić information content (AvgIpc) is 2.92.